The third-order valence-electron chi connectivity index (χ3n) is 1.35. The summed E-state index contributed by atoms with van der Waals surface area (Å²) in [5.41, 5.74) is 0.894. The third-order valence-corrected chi connectivity index (χ3v) is 1.35. The highest BCUT2D eigenvalue weighted by Gasteiger charge is 2.01. The molecule has 0 saturated carbocycles. The normalized spacial score (nSPS) is 9.54. The van der Waals surface area contributed by atoms with E-state index in [4.69, 9.17) is 0 Å². The van der Waals surface area contributed by atoms with Crippen molar-refractivity contribution in [2.24, 2.45) is 17.0 Å². The second-order valence-electron chi connectivity index (χ2n) is 2.09. The minimum absolute atomic E-state index is 0.746. The molecule has 0 unspecified atom stereocenters. The fraction of sp³-hybridized carbons (Fsp3) is 0.444. The molecule has 0 amide bonds. The van der Waals surface area contributed by atoms with Crippen molar-refractivity contribution in [3.05, 3.63) is 11.8 Å². The maximum Gasteiger partial charge on any atom is 0.158 e. The van der Waals surface area contributed by atoms with Gasteiger partial charge in [0, 0.05) is 20.3 Å². The van der Waals surface area contributed by atoms with Crippen LogP contribution in [0.25, 0.3) is 0 Å². The van der Waals surface area contributed by atoms with Crippen LogP contribution in [0.15, 0.2) is 16.2 Å². The van der Waals surface area contributed by atoms with Gasteiger partial charge in [0.2, 0.25) is 0 Å². The standard InChI is InChI=1S/C7H10N4.C2H6/c1-8-4-6-5-10-11(3)7(6)9-2;1-2/h4-5H,2H2,1,3H3;1-2H3. The summed E-state index contributed by atoms with van der Waals surface area (Å²) in [6.45, 7) is 7.43. The van der Waals surface area contributed by atoms with Gasteiger partial charge in [0.25, 0.3) is 0 Å². The van der Waals surface area contributed by atoms with Gasteiger partial charge < -0.3 is 0 Å². The molecule has 13 heavy (non-hydrogen) atoms. The Labute approximate surface area is 79.0 Å². The first-order chi connectivity index (χ1) is 6.29. The predicted molar refractivity (Wildman–Crippen MR) is 57.3 cm³/mol. The number of aromatic nitrogens is 2. The largest absolute Gasteiger partial charge is 0.296 e. The molecule has 0 aliphatic rings. The summed E-state index contributed by atoms with van der Waals surface area (Å²) < 4.78 is 1.66. The highest BCUT2D eigenvalue weighted by atomic mass is 15.3. The van der Waals surface area contributed by atoms with Crippen molar-refractivity contribution in [2.45, 2.75) is 13.8 Å². The molecular weight excluding hydrogens is 164 g/mol. The van der Waals surface area contributed by atoms with Crippen LogP contribution in [0.4, 0.5) is 5.82 Å². The second kappa shape index (κ2) is 6.11. The SMILES string of the molecule is C=Nc1c(C=NC)cnn1C.CC. The van der Waals surface area contributed by atoms with E-state index >= 15 is 0 Å². The zero-order chi connectivity index (χ0) is 10.3. The van der Waals surface area contributed by atoms with Crippen LogP contribution in [0, 0.1) is 0 Å². The van der Waals surface area contributed by atoms with Crippen molar-refractivity contribution in [3.8, 4) is 0 Å². The number of hydrogen-bond donors (Lipinski definition) is 0. The van der Waals surface area contributed by atoms with Crippen LogP contribution in [-0.2, 0) is 7.05 Å². The average Bonchev–Trinajstić information content (AvgIpc) is 2.51. The Kier molecular flexibility index (Phi) is 5.43. The first-order valence-corrected chi connectivity index (χ1v) is 4.20. The van der Waals surface area contributed by atoms with Crippen molar-refractivity contribution in [1.82, 2.24) is 9.78 Å². The van der Waals surface area contributed by atoms with Crippen molar-refractivity contribution >= 4 is 18.7 Å². The molecule has 4 nitrogen and oxygen atoms in total. The van der Waals surface area contributed by atoms with Gasteiger partial charge in [-0.1, -0.05) is 13.8 Å². The Balaban J connectivity index is 0.000000671. The predicted octanol–water partition coefficient (Wildman–Crippen LogP) is 1.83. The number of aryl methyl sites for hydroxylation is 1. The lowest BCUT2D eigenvalue weighted by molar-refractivity contribution is 0.771. The second-order valence-corrected chi connectivity index (χ2v) is 2.09. The Hall–Kier alpha value is -1.45. The van der Waals surface area contributed by atoms with E-state index in [-0.39, 0.29) is 0 Å². The number of nitrogens with zero attached hydrogens (tertiary/aromatic N) is 4. The molecule has 4 heteroatoms. The Bertz CT molecular complexity index is 286. The quantitative estimate of drug-likeness (QED) is 0.640. The fourth-order valence-electron chi connectivity index (χ4n) is 0.872. The van der Waals surface area contributed by atoms with Crippen LogP contribution in [0.1, 0.15) is 19.4 Å². The lowest BCUT2D eigenvalue weighted by atomic mass is 10.3. The molecule has 72 valence electrons. The molecule has 1 aromatic heterocycles. The van der Waals surface area contributed by atoms with Crippen LogP contribution in [0.5, 0.6) is 0 Å². The molecule has 0 spiro atoms. The summed E-state index contributed by atoms with van der Waals surface area (Å²) in [6, 6.07) is 0. The van der Waals surface area contributed by atoms with Crippen molar-refractivity contribution in [1.29, 1.82) is 0 Å². The molecule has 0 fully saturated rings. The van der Waals surface area contributed by atoms with Crippen molar-refractivity contribution in [2.75, 3.05) is 7.05 Å². The topological polar surface area (TPSA) is 42.5 Å². The highest BCUT2D eigenvalue weighted by Crippen LogP contribution is 2.13. The minimum Gasteiger partial charge on any atom is -0.296 e. The third kappa shape index (κ3) is 2.82. The van der Waals surface area contributed by atoms with Crippen LogP contribution in [-0.4, -0.2) is 29.8 Å². The Morgan fingerprint density at radius 2 is 2.15 bits per heavy atom. The molecule has 1 rings (SSSR count). The van der Waals surface area contributed by atoms with Crippen LogP contribution < -0.4 is 0 Å². The van der Waals surface area contributed by atoms with Crippen LogP contribution in [0.3, 0.4) is 0 Å². The summed E-state index contributed by atoms with van der Waals surface area (Å²) in [5.74, 6) is 0.746. The van der Waals surface area contributed by atoms with Gasteiger partial charge in [-0.15, -0.1) is 0 Å². The molecule has 0 bridgehead atoms. The maximum atomic E-state index is 4.00. The first-order valence-electron chi connectivity index (χ1n) is 4.20. The molecule has 1 aromatic rings. The maximum absolute atomic E-state index is 4.00. The van der Waals surface area contributed by atoms with Gasteiger partial charge in [-0.3, -0.25) is 9.67 Å². The summed E-state index contributed by atoms with van der Waals surface area (Å²) in [7, 11) is 3.52. The molecule has 0 aliphatic carbocycles. The molecule has 0 atom stereocenters. The van der Waals surface area contributed by atoms with Gasteiger partial charge in [0.1, 0.15) is 0 Å². The van der Waals surface area contributed by atoms with Crippen molar-refractivity contribution < 1.29 is 0 Å². The van der Waals surface area contributed by atoms with Gasteiger partial charge in [-0.2, -0.15) is 5.10 Å². The zero-order valence-electron chi connectivity index (χ0n) is 8.65. The average molecular weight is 180 g/mol. The highest BCUT2D eigenvalue weighted by molar-refractivity contribution is 5.85. The zero-order valence-corrected chi connectivity index (χ0v) is 8.65. The number of hydrogen-bond acceptors (Lipinski definition) is 3. The number of aliphatic imine (C=N–C) groups is 2. The van der Waals surface area contributed by atoms with E-state index in [0.717, 1.165) is 11.4 Å². The monoisotopic (exact) mass is 180 g/mol. The van der Waals surface area contributed by atoms with Crippen LogP contribution >= 0.6 is 0 Å². The van der Waals surface area contributed by atoms with E-state index in [9.17, 15) is 0 Å². The minimum atomic E-state index is 0.746. The summed E-state index contributed by atoms with van der Waals surface area (Å²) in [4.78, 5) is 7.67. The van der Waals surface area contributed by atoms with E-state index in [0.29, 0.717) is 0 Å². The van der Waals surface area contributed by atoms with E-state index in [1.54, 1.807) is 24.1 Å². The van der Waals surface area contributed by atoms with Crippen LogP contribution in [0.2, 0.25) is 0 Å². The summed E-state index contributed by atoms with van der Waals surface area (Å²) in [6.07, 6.45) is 3.41. The fourth-order valence-corrected chi connectivity index (χ4v) is 0.872. The van der Waals surface area contributed by atoms with Gasteiger partial charge in [-0.05, 0) is 6.72 Å². The lowest BCUT2D eigenvalue weighted by Crippen LogP contribution is -1.88. The Morgan fingerprint density at radius 3 is 2.62 bits per heavy atom. The number of rotatable bonds is 2. The van der Waals surface area contributed by atoms with E-state index < -0.39 is 0 Å². The summed E-state index contributed by atoms with van der Waals surface area (Å²) in [5, 5.41) is 4.00. The van der Waals surface area contributed by atoms with Gasteiger partial charge in [-0.25, -0.2) is 4.99 Å². The summed E-state index contributed by atoms with van der Waals surface area (Å²) >= 11 is 0. The molecule has 1 heterocycles. The van der Waals surface area contributed by atoms with E-state index in [1.165, 1.54) is 0 Å². The molecule has 0 N–H and O–H groups in total. The van der Waals surface area contributed by atoms with E-state index in [2.05, 4.69) is 21.8 Å². The molecule has 0 radical (unpaired) electrons. The molecule has 0 saturated heterocycles. The van der Waals surface area contributed by atoms with E-state index in [1.807, 2.05) is 20.9 Å². The van der Waals surface area contributed by atoms with Crippen molar-refractivity contribution in [3.63, 3.8) is 0 Å². The van der Waals surface area contributed by atoms with Gasteiger partial charge in [0.05, 0.1) is 11.8 Å². The lowest BCUT2D eigenvalue weighted by Gasteiger charge is -1.92. The van der Waals surface area contributed by atoms with Gasteiger partial charge >= 0.3 is 0 Å². The molecule has 0 aliphatic heterocycles. The molecule has 0 aromatic carbocycles. The Morgan fingerprint density at radius 1 is 1.54 bits per heavy atom. The van der Waals surface area contributed by atoms with Gasteiger partial charge in [0.15, 0.2) is 5.82 Å². The first kappa shape index (κ1) is 11.6. The molecular formula is C9H16N4. The smallest absolute Gasteiger partial charge is 0.158 e.